The fourth-order valence-corrected chi connectivity index (χ4v) is 1.98. The average Bonchev–Trinajstić information content (AvgIpc) is 2.36. The Kier molecular flexibility index (Phi) is 3.53. The molecule has 0 aliphatic heterocycles. The molecule has 0 bridgehead atoms. The van der Waals surface area contributed by atoms with E-state index in [1.54, 1.807) is 25.1 Å². The molecule has 0 saturated carbocycles. The van der Waals surface area contributed by atoms with E-state index in [1.165, 1.54) is 0 Å². The summed E-state index contributed by atoms with van der Waals surface area (Å²) in [5.74, 6) is -2.70. The Labute approximate surface area is 113 Å². The molecule has 2 aromatic carbocycles. The molecule has 0 unspecified atom stereocenters. The van der Waals surface area contributed by atoms with Gasteiger partial charge in [-0.2, -0.15) is 0 Å². The van der Waals surface area contributed by atoms with E-state index in [-0.39, 0.29) is 10.6 Å². The Bertz CT molecular complexity index is 671. The van der Waals surface area contributed by atoms with Crippen molar-refractivity contribution in [2.45, 2.75) is 6.92 Å². The molecule has 0 aliphatic rings. The van der Waals surface area contributed by atoms with E-state index in [0.717, 1.165) is 12.1 Å². The highest BCUT2D eigenvalue weighted by Gasteiger charge is 2.18. The van der Waals surface area contributed by atoms with Crippen molar-refractivity contribution in [1.82, 2.24) is 0 Å². The molecule has 98 valence electrons. The van der Waals surface area contributed by atoms with Gasteiger partial charge in [-0.15, -0.1) is 0 Å². The first kappa shape index (κ1) is 13.5. The highest BCUT2D eigenvalue weighted by atomic mass is 35.5. The minimum atomic E-state index is -1.12. The molecule has 2 aromatic rings. The maximum Gasteiger partial charge on any atom is 0.194 e. The summed E-state index contributed by atoms with van der Waals surface area (Å²) < 4.78 is 26.2. The summed E-state index contributed by atoms with van der Waals surface area (Å²) >= 11 is 5.78. The van der Waals surface area contributed by atoms with E-state index in [9.17, 15) is 13.6 Å². The van der Waals surface area contributed by atoms with Gasteiger partial charge in [0.05, 0.1) is 5.02 Å². The maximum absolute atomic E-state index is 13.2. The zero-order valence-corrected chi connectivity index (χ0v) is 10.8. The van der Waals surface area contributed by atoms with Gasteiger partial charge in [0.2, 0.25) is 0 Å². The first-order valence-corrected chi connectivity index (χ1v) is 5.84. The van der Waals surface area contributed by atoms with Crippen molar-refractivity contribution < 1.29 is 13.6 Å². The van der Waals surface area contributed by atoms with Crippen molar-refractivity contribution in [3.05, 3.63) is 63.7 Å². The van der Waals surface area contributed by atoms with Gasteiger partial charge < -0.3 is 5.73 Å². The Balaban J connectivity index is 2.56. The van der Waals surface area contributed by atoms with Crippen molar-refractivity contribution in [2.75, 3.05) is 5.73 Å². The van der Waals surface area contributed by atoms with Gasteiger partial charge >= 0.3 is 0 Å². The number of hydrogen-bond acceptors (Lipinski definition) is 2. The Hall–Kier alpha value is -1.94. The number of carbonyl (C=O) groups is 1. The molecule has 0 radical (unpaired) electrons. The van der Waals surface area contributed by atoms with Crippen LogP contribution in [0.1, 0.15) is 21.5 Å². The zero-order valence-electron chi connectivity index (χ0n) is 10.0. The number of anilines is 1. The number of benzene rings is 2. The van der Waals surface area contributed by atoms with Gasteiger partial charge in [-0.25, -0.2) is 8.78 Å². The third kappa shape index (κ3) is 2.44. The molecule has 2 rings (SSSR count). The van der Waals surface area contributed by atoms with Gasteiger partial charge in [0, 0.05) is 16.8 Å². The van der Waals surface area contributed by atoms with Crippen LogP contribution in [0.15, 0.2) is 30.3 Å². The van der Waals surface area contributed by atoms with E-state index >= 15 is 0 Å². The lowest BCUT2D eigenvalue weighted by molar-refractivity contribution is 0.103. The van der Waals surface area contributed by atoms with Crippen LogP contribution in [-0.4, -0.2) is 5.78 Å². The van der Waals surface area contributed by atoms with E-state index in [4.69, 9.17) is 17.3 Å². The molecule has 0 heterocycles. The molecule has 0 atom stereocenters. The lowest BCUT2D eigenvalue weighted by atomic mass is 9.98. The summed E-state index contributed by atoms with van der Waals surface area (Å²) in [5.41, 5.74) is 6.96. The molecule has 2 N–H and O–H groups in total. The fourth-order valence-electron chi connectivity index (χ4n) is 1.74. The minimum Gasteiger partial charge on any atom is -0.398 e. The van der Waals surface area contributed by atoms with Crippen LogP contribution in [-0.2, 0) is 0 Å². The van der Waals surface area contributed by atoms with E-state index in [2.05, 4.69) is 0 Å². The molecule has 19 heavy (non-hydrogen) atoms. The van der Waals surface area contributed by atoms with Crippen LogP contribution in [0.2, 0.25) is 5.02 Å². The van der Waals surface area contributed by atoms with Crippen LogP contribution in [0, 0.1) is 18.6 Å². The molecule has 2 nitrogen and oxygen atoms in total. The molecule has 0 saturated heterocycles. The quantitative estimate of drug-likeness (QED) is 0.518. The predicted octanol–water partition coefficient (Wildman–Crippen LogP) is 3.74. The molecule has 0 fully saturated rings. The molecule has 0 spiro atoms. The Morgan fingerprint density at radius 2 is 1.79 bits per heavy atom. The summed E-state index contributed by atoms with van der Waals surface area (Å²) in [4.78, 5) is 12.3. The molecule has 0 aromatic heterocycles. The van der Waals surface area contributed by atoms with Gasteiger partial charge in [0.25, 0.3) is 0 Å². The summed E-state index contributed by atoms with van der Waals surface area (Å²) in [5, 5.41) is -0.134. The molecule has 5 heteroatoms. The highest BCUT2D eigenvalue weighted by Crippen LogP contribution is 2.25. The van der Waals surface area contributed by atoms with Crippen LogP contribution in [0.4, 0.5) is 14.5 Å². The Morgan fingerprint density at radius 1 is 1.16 bits per heavy atom. The van der Waals surface area contributed by atoms with Gasteiger partial charge in [0.1, 0.15) is 0 Å². The van der Waals surface area contributed by atoms with Gasteiger partial charge in [0.15, 0.2) is 17.4 Å². The third-order valence-corrected chi connectivity index (χ3v) is 3.19. The number of nitrogen functional groups attached to an aromatic ring is 1. The standard InChI is InChI=1S/C14H10ClF2NO/c1-7-8(3-2-4-13(7)18)14(19)9-5-11(16)12(17)6-10(9)15/h2-6H,18H2,1H3. The first-order valence-electron chi connectivity index (χ1n) is 5.46. The normalized spacial score (nSPS) is 10.5. The maximum atomic E-state index is 13.2. The average molecular weight is 282 g/mol. The number of carbonyl (C=O) groups excluding carboxylic acids is 1. The smallest absolute Gasteiger partial charge is 0.194 e. The minimum absolute atomic E-state index is 0.0886. The van der Waals surface area contributed by atoms with E-state index in [1.807, 2.05) is 0 Å². The van der Waals surface area contributed by atoms with Crippen LogP contribution in [0.25, 0.3) is 0 Å². The molecular weight excluding hydrogens is 272 g/mol. The number of hydrogen-bond donors (Lipinski definition) is 1. The van der Waals surface area contributed by atoms with Crippen molar-refractivity contribution in [3.8, 4) is 0 Å². The summed E-state index contributed by atoms with van der Waals surface area (Å²) in [6.45, 7) is 1.68. The summed E-state index contributed by atoms with van der Waals surface area (Å²) in [7, 11) is 0. The van der Waals surface area contributed by atoms with Crippen molar-refractivity contribution in [1.29, 1.82) is 0 Å². The predicted molar refractivity (Wildman–Crippen MR) is 70.4 cm³/mol. The van der Waals surface area contributed by atoms with Gasteiger partial charge in [-0.05, 0) is 30.7 Å². The Morgan fingerprint density at radius 3 is 2.47 bits per heavy atom. The third-order valence-electron chi connectivity index (χ3n) is 2.87. The molecule has 0 amide bonds. The number of halogens is 3. The van der Waals surface area contributed by atoms with Crippen LogP contribution < -0.4 is 5.73 Å². The SMILES string of the molecule is Cc1c(N)cccc1C(=O)c1cc(F)c(F)cc1Cl. The fraction of sp³-hybridized carbons (Fsp3) is 0.0714. The lowest BCUT2D eigenvalue weighted by Crippen LogP contribution is -2.07. The second-order valence-electron chi connectivity index (χ2n) is 4.10. The van der Waals surface area contributed by atoms with Crippen LogP contribution in [0.5, 0.6) is 0 Å². The van der Waals surface area contributed by atoms with Crippen LogP contribution >= 0.6 is 11.6 Å². The molecular formula is C14H10ClF2NO. The van der Waals surface area contributed by atoms with Gasteiger partial charge in [-0.3, -0.25) is 4.79 Å². The zero-order chi connectivity index (χ0) is 14.2. The highest BCUT2D eigenvalue weighted by molar-refractivity contribution is 6.35. The van der Waals surface area contributed by atoms with Crippen molar-refractivity contribution in [3.63, 3.8) is 0 Å². The summed E-state index contributed by atoms with van der Waals surface area (Å²) in [6.07, 6.45) is 0. The van der Waals surface area contributed by atoms with E-state index < -0.39 is 17.4 Å². The largest absolute Gasteiger partial charge is 0.398 e. The monoisotopic (exact) mass is 281 g/mol. The summed E-state index contributed by atoms with van der Waals surface area (Å²) in [6, 6.07) is 6.41. The lowest BCUT2D eigenvalue weighted by Gasteiger charge is -2.09. The second-order valence-corrected chi connectivity index (χ2v) is 4.50. The second kappa shape index (κ2) is 4.97. The van der Waals surface area contributed by atoms with Crippen molar-refractivity contribution >= 4 is 23.1 Å². The number of nitrogens with two attached hydrogens (primary N) is 1. The van der Waals surface area contributed by atoms with Crippen molar-refractivity contribution in [2.24, 2.45) is 0 Å². The topological polar surface area (TPSA) is 43.1 Å². The van der Waals surface area contributed by atoms with E-state index in [0.29, 0.717) is 16.8 Å². The number of rotatable bonds is 2. The first-order chi connectivity index (χ1) is 8.91. The number of ketones is 1. The molecule has 0 aliphatic carbocycles. The van der Waals surface area contributed by atoms with Gasteiger partial charge in [-0.1, -0.05) is 23.7 Å². The van der Waals surface area contributed by atoms with Crippen LogP contribution in [0.3, 0.4) is 0 Å².